The minimum Gasteiger partial charge on any atom is -0.460 e. The number of rotatable bonds is 3. The first-order chi connectivity index (χ1) is 9.29. The SMILES string of the molecule is CC(C(=O)OC(C)(C)C)C(O)c1csc2ccccc12. The maximum Gasteiger partial charge on any atom is 0.312 e. The number of fused-ring (bicyclic) bond motifs is 1. The predicted octanol–water partition coefficient (Wildman–Crippen LogP) is 3.91. The van der Waals surface area contributed by atoms with Crippen molar-refractivity contribution in [3.8, 4) is 0 Å². The zero-order chi connectivity index (χ0) is 14.9. The summed E-state index contributed by atoms with van der Waals surface area (Å²) in [6.07, 6.45) is -0.846. The maximum absolute atomic E-state index is 12.1. The van der Waals surface area contributed by atoms with Gasteiger partial charge in [0.05, 0.1) is 12.0 Å². The van der Waals surface area contributed by atoms with Crippen molar-refractivity contribution in [1.29, 1.82) is 0 Å². The van der Waals surface area contributed by atoms with E-state index in [0.29, 0.717) is 0 Å². The molecule has 2 atom stereocenters. The second-order valence-electron chi connectivity index (χ2n) is 5.95. The zero-order valence-electron chi connectivity index (χ0n) is 12.2. The van der Waals surface area contributed by atoms with Gasteiger partial charge in [0.1, 0.15) is 5.60 Å². The van der Waals surface area contributed by atoms with Gasteiger partial charge in [0.2, 0.25) is 0 Å². The minimum atomic E-state index is -0.846. The van der Waals surface area contributed by atoms with Crippen LogP contribution < -0.4 is 0 Å². The van der Waals surface area contributed by atoms with Gasteiger partial charge >= 0.3 is 5.97 Å². The van der Waals surface area contributed by atoms with E-state index < -0.39 is 17.6 Å². The average Bonchev–Trinajstić information content (AvgIpc) is 2.78. The highest BCUT2D eigenvalue weighted by molar-refractivity contribution is 7.17. The van der Waals surface area contributed by atoms with Gasteiger partial charge in [-0.25, -0.2) is 0 Å². The summed E-state index contributed by atoms with van der Waals surface area (Å²) in [7, 11) is 0. The molecule has 0 saturated heterocycles. The Morgan fingerprint density at radius 1 is 1.30 bits per heavy atom. The second kappa shape index (κ2) is 5.54. The first-order valence-corrected chi connectivity index (χ1v) is 7.54. The van der Waals surface area contributed by atoms with Gasteiger partial charge in [-0.1, -0.05) is 18.2 Å². The summed E-state index contributed by atoms with van der Waals surface area (Å²) in [6.45, 7) is 7.17. The van der Waals surface area contributed by atoms with Crippen LogP contribution in [0.5, 0.6) is 0 Å². The van der Waals surface area contributed by atoms with E-state index in [1.54, 1.807) is 18.3 Å². The molecule has 0 aliphatic carbocycles. The number of benzene rings is 1. The van der Waals surface area contributed by atoms with E-state index in [2.05, 4.69) is 0 Å². The number of hydrogen-bond donors (Lipinski definition) is 1. The molecule has 2 aromatic rings. The summed E-state index contributed by atoms with van der Waals surface area (Å²) in [5.41, 5.74) is 0.255. The van der Waals surface area contributed by atoms with E-state index in [-0.39, 0.29) is 5.97 Å². The zero-order valence-corrected chi connectivity index (χ0v) is 13.0. The van der Waals surface area contributed by atoms with Crippen molar-refractivity contribution in [1.82, 2.24) is 0 Å². The van der Waals surface area contributed by atoms with Crippen LogP contribution in [0.2, 0.25) is 0 Å². The smallest absolute Gasteiger partial charge is 0.312 e. The molecule has 0 aliphatic rings. The van der Waals surface area contributed by atoms with Gasteiger partial charge in [0, 0.05) is 4.70 Å². The van der Waals surface area contributed by atoms with Crippen molar-refractivity contribution < 1.29 is 14.6 Å². The second-order valence-corrected chi connectivity index (χ2v) is 6.87. The molecule has 0 aliphatic heterocycles. The molecule has 0 bridgehead atoms. The van der Waals surface area contributed by atoms with Crippen LogP contribution in [-0.2, 0) is 9.53 Å². The lowest BCUT2D eigenvalue weighted by Crippen LogP contribution is -2.30. The molecule has 4 heteroatoms. The van der Waals surface area contributed by atoms with E-state index >= 15 is 0 Å². The molecule has 0 saturated carbocycles. The number of thiophene rings is 1. The van der Waals surface area contributed by atoms with Crippen molar-refractivity contribution in [2.45, 2.75) is 39.4 Å². The number of ether oxygens (including phenoxy) is 1. The van der Waals surface area contributed by atoms with Crippen LogP contribution in [-0.4, -0.2) is 16.7 Å². The third kappa shape index (κ3) is 3.19. The van der Waals surface area contributed by atoms with Gasteiger partial charge in [-0.2, -0.15) is 0 Å². The van der Waals surface area contributed by atoms with Crippen LogP contribution in [0, 0.1) is 5.92 Å². The summed E-state index contributed by atoms with van der Waals surface area (Å²) >= 11 is 1.57. The van der Waals surface area contributed by atoms with Crippen LogP contribution in [0.3, 0.4) is 0 Å². The highest BCUT2D eigenvalue weighted by atomic mass is 32.1. The Morgan fingerprint density at radius 2 is 1.95 bits per heavy atom. The monoisotopic (exact) mass is 292 g/mol. The number of carbonyl (C=O) groups is 1. The molecule has 0 radical (unpaired) electrons. The Hall–Kier alpha value is -1.39. The molecular formula is C16H20O3S. The van der Waals surface area contributed by atoms with E-state index in [1.807, 2.05) is 50.4 Å². The lowest BCUT2D eigenvalue weighted by atomic mass is 9.97. The van der Waals surface area contributed by atoms with Crippen LogP contribution in [0.4, 0.5) is 0 Å². The molecule has 20 heavy (non-hydrogen) atoms. The Balaban J connectivity index is 2.22. The van der Waals surface area contributed by atoms with E-state index in [9.17, 15) is 9.90 Å². The van der Waals surface area contributed by atoms with Gasteiger partial charge in [-0.15, -0.1) is 11.3 Å². The molecular weight excluding hydrogens is 272 g/mol. The molecule has 1 heterocycles. The molecule has 108 valence electrons. The summed E-state index contributed by atoms with van der Waals surface area (Å²) in [4.78, 5) is 12.1. The average molecular weight is 292 g/mol. The number of carbonyl (C=O) groups excluding carboxylic acids is 1. The molecule has 3 nitrogen and oxygen atoms in total. The van der Waals surface area contributed by atoms with Crippen molar-refractivity contribution in [3.05, 3.63) is 35.2 Å². The molecule has 0 fully saturated rings. The minimum absolute atomic E-state index is 0.375. The number of aliphatic hydroxyl groups is 1. The molecule has 1 aromatic carbocycles. The normalized spacial score (nSPS) is 15.1. The lowest BCUT2D eigenvalue weighted by Gasteiger charge is -2.24. The van der Waals surface area contributed by atoms with Crippen LogP contribution in [0.25, 0.3) is 10.1 Å². The highest BCUT2D eigenvalue weighted by Crippen LogP contribution is 2.34. The fraction of sp³-hybridized carbons (Fsp3) is 0.438. The van der Waals surface area contributed by atoms with Gasteiger partial charge in [0.15, 0.2) is 0 Å². The van der Waals surface area contributed by atoms with E-state index in [1.165, 1.54) is 0 Å². The molecule has 2 unspecified atom stereocenters. The fourth-order valence-electron chi connectivity index (χ4n) is 2.02. The summed E-state index contributed by atoms with van der Waals surface area (Å²) in [6, 6.07) is 7.87. The number of aliphatic hydroxyl groups excluding tert-OH is 1. The summed E-state index contributed by atoms with van der Waals surface area (Å²) in [5, 5.41) is 13.4. The Labute approximate surface area is 123 Å². The molecule has 1 N–H and O–H groups in total. The number of esters is 1. The first kappa shape index (κ1) is 15.0. The largest absolute Gasteiger partial charge is 0.460 e. The third-order valence-electron chi connectivity index (χ3n) is 3.08. The first-order valence-electron chi connectivity index (χ1n) is 6.66. The quantitative estimate of drug-likeness (QED) is 0.872. The number of hydrogen-bond acceptors (Lipinski definition) is 4. The van der Waals surface area contributed by atoms with Crippen molar-refractivity contribution >= 4 is 27.4 Å². The molecule has 0 spiro atoms. The van der Waals surface area contributed by atoms with Gasteiger partial charge in [-0.3, -0.25) is 4.79 Å². The standard InChI is InChI=1S/C16H20O3S/c1-10(15(18)19-16(2,3)4)14(17)12-9-20-13-8-6-5-7-11(12)13/h5-10,14,17H,1-4H3. The Bertz CT molecular complexity index is 609. The molecule has 0 amide bonds. The Morgan fingerprint density at radius 3 is 2.60 bits per heavy atom. The fourth-order valence-corrected chi connectivity index (χ4v) is 3.01. The predicted molar refractivity (Wildman–Crippen MR) is 81.8 cm³/mol. The molecule has 2 rings (SSSR count). The van der Waals surface area contributed by atoms with E-state index in [4.69, 9.17) is 4.74 Å². The van der Waals surface area contributed by atoms with Gasteiger partial charge in [-0.05, 0) is 50.1 Å². The molecule has 1 aromatic heterocycles. The van der Waals surface area contributed by atoms with Crippen LogP contribution in [0.1, 0.15) is 39.4 Å². The van der Waals surface area contributed by atoms with E-state index in [0.717, 1.165) is 15.6 Å². The van der Waals surface area contributed by atoms with Crippen molar-refractivity contribution in [2.75, 3.05) is 0 Å². The highest BCUT2D eigenvalue weighted by Gasteiger charge is 2.29. The van der Waals surface area contributed by atoms with Crippen LogP contribution >= 0.6 is 11.3 Å². The van der Waals surface area contributed by atoms with Crippen molar-refractivity contribution in [3.63, 3.8) is 0 Å². The summed E-state index contributed by atoms with van der Waals surface area (Å²) < 4.78 is 6.44. The van der Waals surface area contributed by atoms with Gasteiger partial charge in [0.25, 0.3) is 0 Å². The van der Waals surface area contributed by atoms with Gasteiger partial charge < -0.3 is 9.84 Å². The maximum atomic E-state index is 12.1. The topological polar surface area (TPSA) is 46.5 Å². The van der Waals surface area contributed by atoms with Crippen molar-refractivity contribution in [2.24, 2.45) is 5.92 Å². The lowest BCUT2D eigenvalue weighted by molar-refractivity contribution is -0.163. The Kier molecular flexibility index (Phi) is 4.16. The summed E-state index contributed by atoms with van der Waals surface area (Å²) in [5.74, 6) is -0.965. The third-order valence-corrected chi connectivity index (χ3v) is 4.06. The van der Waals surface area contributed by atoms with Crippen LogP contribution in [0.15, 0.2) is 29.6 Å².